The van der Waals surface area contributed by atoms with E-state index in [1.54, 1.807) is 12.1 Å². The van der Waals surface area contributed by atoms with E-state index in [2.05, 4.69) is 43.1 Å². The van der Waals surface area contributed by atoms with Crippen LogP contribution in [0.25, 0.3) is 0 Å². The van der Waals surface area contributed by atoms with Gasteiger partial charge in [-0.2, -0.15) is 0 Å². The second-order valence-corrected chi connectivity index (χ2v) is 5.47. The minimum Gasteiger partial charge on any atom is -0.334 e. The number of hydrogen-bond donors (Lipinski definition) is 0. The van der Waals surface area contributed by atoms with Gasteiger partial charge in [-0.15, -0.1) is 0 Å². The standard InChI is InChI=1S/C17H19ClN2O/c1-3-10-20(12-14-6-4-13(2)5-7-14)17(21)15-8-9-16(18)19-11-15/h4-9,11H,3,10,12H2,1-2H3. The van der Waals surface area contributed by atoms with Gasteiger partial charge in [0.2, 0.25) is 0 Å². The molecular formula is C17H19ClN2O. The molecule has 3 nitrogen and oxygen atoms in total. The molecule has 0 N–H and O–H groups in total. The van der Waals surface area contributed by atoms with E-state index in [1.165, 1.54) is 11.8 Å². The molecule has 0 aliphatic carbocycles. The van der Waals surface area contributed by atoms with Gasteiger partial charge in [0.05, 0.1) is 5.56 Å². The van der Waals surface area contributed by atoms with Crippen LogP contribution >= 0.6 is 11.6 Å². The smallest absolute Gasteiger partial charge is 0.255 e. The second-order valence-electron chi connectivity index (χ2n) is 5.08. The number of carbonyl (C=O) groups excluding carboxylic acids is 1. The molecule has 0 unspecified atom stereocenters. The first-order chi connectivity index (χ1) is 10.1. The lowest BCUT2D eigenvalue weighted by Crippen LogP contribution is -2.31. The summed E-state index contributed by atoms with van der Waals surface area (Å²) in [6, 6.07) is 11.6. The van der Waals surface area contributed by atoms with Crippen molar-refractivity contribution >= 4 is 17.5 Å². The maximum Gasteiger partial charge on any atom is 0.255 e. The summed E-state index contributed by atoms with van der Waals surface area (Å²) < 4.78 is 0. The lowest BCUT2D eigenvalue weighted by molar-refractivity contribution is 0.0743. The molecule has 0 radical (unpaired) electrons. The quantitative estimate of drug-likeness (QED) is 0.779. The largest absolute Gasteiger partial charge is 0.334 e. The summed E-state index contributed by atoms with van der Waals surface area (Å²) in [5.74, 6) is -0.0124. The normalized spacial score (nSPS) is 10.4. The predicted octanol–water partition coefficient (Wildman–Crippen LogP) is 4.10. The van der Waals surface area contributed by atoms with Gasteiger partial charge in [-0.25, -0.2) is 4.98 Å². The van der Waals surface area contributed by atoms with Crippen molar-refractivity contribution in [1.82, 2.24) is 9.88 Å². The lowest BCUT2D eigenvalue weighted by atomic mass is 10.1. The Morgan fingerprint density at radius 2 is 1.90 bits per heavy atom. The van der Waals surface area contributed by atoms with Crippen LogP contribution in [-0.2, 0) is 6.54 Å². The van der Waals surface area contributed by atoms with E-state index in [1.807, 2.05) is 4.90 Å². The fourth-order valence-electron chi connectivity index (χ4n) is 2.12. The highest BCUT2D eigenvalue weighted by Crippen LogP contribution is 2.13. The van der Waals surface area contributed by atoms with E-state index in [0.29, 0.717) is 17.3 Å². The van der Waals surface area contributed by atoms with E-state index < -0.39 is 0 Å². The fraction of sp³-hybridized carbons (Fsp3) is 0.294. The van der Waals surface area contributed by atoms with Crippen molar-refractivity contribution in [3.8, 4) is 0 Å². The van der Waals surface area contributed by atoms with E-state index >= 15 is 0 Å². The summed E-state index contributed by atoms with van der Waals surface area (Å²) in [6.45, 7) is 5.44. The third kappa shape index (κ3) is 4.30. The zero-order valence-electron chi connectivity index (χ0n) is 12.3. The van der Waals surface area contributed by atoms with Crippen LogP contribution in [0.5, 0.6) is 0 Å². The summed E-state index contributed by atoms with van der Waals surface area (Å²) >= 11 is 5.77. The van der Waals surface area contributed by atoms with Crippen LogP contribution < -0.4 is 0 Å². The molecule has 0 fully saturated rings. The molecule has 0 aliphatic heterocycles. The third-order valence-corrected chi connectivity index (χ3v) is 3.47. The number of halogens is 1. The molecule has 1 aromatic heterocycles. The molecular weight excluding hydrogens is 284 g/mol. The fourth-order valence-corrected chi connectivity index (χ4v) is 2.23. The highest BCUT2D eigenvalue weighted by Gasteiger charge is 2.15. The van der Waals surface area contributed by atoms with Crippen LogP contribution in [0.4, 0.5) is 0 Å². The average molecular weight is 303 g/mol. The number of rotatable bonds is 5. The molecule has 0 bridgehead atoms. The summed E-state index contributed by atoms with van der Waals surface area (Å²) in [5, 5.41) is 0.395. The first-order valence-electron chi connectivity index (χ1n) is 7.06. The highest BCUT2D eigenvalue weighted by atomic mass is 35.5. The van der Waals surface area contributed by atoms with Crippen molar-refractivity contribution in [1.29, 1.82) is 0 Å². The Kier molecular flexibility index (Phi) is 5.34. The van der Waals surface area contributed by atoms with Crippen molar-refractivity contribution in [2.24, 2.45) is 0 Å². The van der Waals surface area contributed by atoms with Crippen LogP contribution in [0.1, 0.15) is 34.8 Å². The Hall–Kier alpha value is -1.87. The van der Waals surface area contributed by atoms with Crippen molar-refractivity contribution in [2.45, 2.75) is 26.8 Å². The summed E-state index contributed by atoms with van der Waals surface area (Å²) in [4.78, 5) is 18.4. The van der Waals surface area contributed by atoms with Gasteiger partial charge < -0.3 is 4.90 Å². The minimum atomic E-state index is -0.0124. The number of carbonyl (C=O) groups is 1. The van der Waals surface area contributed by atoms with Crippen LogP contribution in [0.3, 0.4) is 0 Å². The number of nitrogens with zero attached hydrogens (tertiary/aromatic N) is 2. The molecule has 2 rings (SSSR count). The molecule has 0 atom stereocenters. The van der Waals surface area contributed by atoms with Crippen molar-refractivity contribution < 1.29 is 4.79 Å². The topological polar surface area (TPSA) is 33.2 Å². The molecule has 21 heavy (non-hydrogen) atoms. The number of pyridine rings is 1. The van der Waals surface area contributed by atoms with Crippen molar-refractivity contribution in [3.63, 3.8) is 0 Å². The van der Waals surface area contributed by atoms with Gasteiger partial charge in [-0.3, -0.25) is 4.79 Å². The van der Waals surface area contributed by atoms with Gasteiger partial charge in [0.25, 0.3) is 5.91 Å². The molecule has 0 saturated carbocycles. The summed E-state index contributed by atoms with van der Waals surface area (Å²) in [5.41, 5.74) is 2.92. The zero-order chi connectivity index (χ0) is 15.2. The van der Waals surface area contributed by atoms with Gasteiger partial charge in [0, 0.05) is 19.3 Å². The van der Waals surface area contributed by atoms with E-state index in [-0.39, 0.29) is 5.91 Å². The Bertz CT molecular complexity index is 593. The number of aryl methyl sites for hydroxylation is 1. The third-order valence-electron chi connectivity index (χ3n) is 3.25. The molecule has 1 aromatic carbocycles. The first-order valence-corrected chi connectivity index (χ1v) is 7.44. The predicted molar refractivity (Wildman–Crippen MR) is 85.5 cm³/mol. The number of amides is 1. The summed E-state index contributed by atoms with van der Waals surface area (Å²) in [7, 11) is 0. The van der Waals surface area contributed by atoms with Crippen LogP contribution in [-0.4, -0.2) is 22.3 Å². The molecule has 1 amide bonds. The molecule has 0 aliphatic rings. The van der Waals surface area contributed by atoms with Crippen molar-refractivity contribution in [2.75, 3.05) is 6.54 Å². The van der Waals surface area contributed by atoms with Crippen LogP contribution in [0.2, 0.25) is 5.15 Å². The van der Waals surface area contributed by atoms with Gasteiger partial charge in [0.1, 0.15) is 5.15 Å². The number of benzene rings is 1. The first kappa shape index (κ1) is 15.5. The van der Waals surface area contributed by atoms with E-state index in [4.69, 9.17) is 11.6 Å². The Morgan fingerprint density at radius 3 is 2.48 bits per heavy atom. The molecule has 0 saturated heterocycles. The Morgan fingerprint density at radius 1 is 1.19 bits per heavy atom. The van der Waals surface area contributed by atoms with Crippen LogP contribution in [0, 0.1) is 6.92 Å². The number of aromatic nitrogens is 1. The van der Waals surface area contributed by atoms with Crippen LogP contribution in [0.15, 0.2) is 42.6 Å². The Labute approximate surface area is 130 Å². The van der Waals surface area contributed by atoms with Gasteiger partial charge >= 0.3 is 0 Å². The number of hydrogen-bond acceptors (Lipinski definition) is 2. The van der Waals surface area contributed by atoms with Crippen molar-refractivity contribution in [3.05, 3.63) is 64.4 Å². The van der Waals surface area contributed by atoms with Gasteiger partial charge in [-0.05, 0) is 31.0 Å². The molecule has 2 aromatic rings. The SMILES string of the molecule is CCCN(Cc1ccc(C)cc1)C(=O)c1ccc(Cl)nc1. The molecule has 4 heteroatoms. The highest BCUT2D eigenvalue weighted by molar-refractivity contribution is 6.29. The van der Waals surface area contributed by atoms with E-state index in [9.17, 15) is 4.79 Å². The second kappa shape index (κ2) is 7.23. The average Bonchev–Trinajstić information content (AvgIpc) is 2.49. The van der Waals surface area contributed by atoms with Gasteiger partial charge in [-0.1, -0.05) is 48.4 Å². The lowest BCUT2D eigenvalue weighted by Gasteiger charge is -2.22. The summed E-state index contributed by atoms with van der Waals surface area (Å²) in [6.07, 6.45) is 2.45. The molecule has 1 heterocycles. The molecule has 0 spiro atoms. The molecule has 110 valence electrons. The Balaban J connectivity index is 2.15. The maximum atomic E-state index is 12.6. The minimum absolute atomic E-state index is 0.0124. The maximum absolute atomic E-state index is 12.6. The van der Waals surface area contributed by atoms with E-state index in [0.717, 1.165) is 18.5 Å². The monoisotopic (exact) mass is 302 g/mol. The zero-order valence-corrected chi connectivity index (χ0v) is 13.1. The van der Waals surface area contributed by atoms with Gasteiger partial charge in [0.15, 0.2) is 0 Å².